The van der Waals surface area contributed by atoms with Crippen molar-refractivity contribution in [3.63, 3.8) is 0 Å². The first-order valence-corrected chi connectivity index (χ1v) is 4.26. The van der Waals surface area contributed by atoms with Crippen molar-refractivity contribution in [2.75, 3.05) is 0 Å². The number of allylic oxidation sites excluding steroid dienone is 3. The van der Waals surface area contributed by atoms with Gasteiger partial charge in [-0.25, -0.2) is 0 Å². The molecule has 0 atom stereocenters. The maximum Gasteiger partial charge on any atom is 0.0478 e. The first-order valence-electron chi connectivity index (χ1n) is 3.88. The van der Waals surface area contributed by atoms with Gasteiger partial charge in [0.1, 0.15) is 0 Å². The van der Waals surface area contributed by atoms with Crippen molar-refractivity contribution < 1.29 is 0 Å². The molecule has 1 rings (SSSR count). The zero-order chi connectivity index (χ0) is 8.81. The molecule has 12 heavy (non-hydrogen) atoms. The fraction of sp³-hybridized carbons (Fsp3) is 0.0909. The minimum absolute atomic E-state index is 0.790. The fourth-order valence-corrected chi connectivity index (χ4v) is 1.08. The normalized spacial score (nSPS) is 11.5. The lowest BCUT2D eigenvalue weighted by Gasteiger charge is -1.94. The first-order chi connectivity index (χ1) is 5.84. The summed E-state index contributed by atoms with van der Waals surface area (Å²) in [5, 5.41) is 0.790. The van der Waals surface area contributed by atoms with Gasteiger partial charge in [-0.15, -0.1) is 0 Å². The molecule has 1 aromatic carbocycles. The SMILES string of the molecule is C/C=C\C=C\c1ccccc1Cl. The lowest BCUT2D eigenvalue weighted by molar-refractivity contribution is 1.65. The summed E-state index contributed by atoms with van der Waals surface area (Å²) in [6.07, 6.45) is 7.92. The predicted octanol–water partition coefficient (Wildman–Crippen LogP) is 3.93. The highest BCUT2D eigenvalue weighted by molar-refractivity contribution is 6.32. The van der Waals surface area contributed by atoms with E-state index >= 15 is 0 Å². The number of hydrogen-bond donors (Lipinski definition) is 0. The van der Waals surface area contributed by atoms with Crippen LogP contribution in [0.1, 0.15) is 12.5 Å². The maximum absolute atomic E-state index is 5.93. The van der Waals surface area contributed by atoms with Gasteiger partial charge in [-0.05, 0) is 18.6 Å². The zero-order valence-corrected chi connectivity index (χ0v) is 7.75. The van der Waals surface area contributed by atoms with Crippen molar-refractivity contribution in [1.29, 1.82) is 0 Å². The molecule has 0 nitrogen and oxygen atoms in total. The summed E-state index contributed by atoms with van der Waals surface area (Å²) in [4.78, 5) is 0. The van der Waals surface area contributed by atoms with Crippen LogP contribution >= 0.6 is 11.6 Å². The summed E-state index contributed by atoms with van der Waals surface area (Å²) in [6.45, 7) is 1.98. The number of benzene rings is 1. The highest BCUT2D eigenvalue weighted by Crippen LogP contribution is 2.15. The molecule has 0 amide bonds. The molecule has 1 heteroatoms. The standard InChI is InChI=1S/C11H11Cl/c1-2-3-4-7-10-8-5-6-9-11(10)12/h2-9H,1H3/b3-2-,7-4+. The average molecular weight is 179 g/mol. The van der Waals surface area contributed by atoms with E-state index in [0.29, 0.717) is 0 Å². The average Bonchev–Trinajstić information content (AvgIpc) is 2.09. The second kappa shape index (κ2) is 4.78. The molecule has 0 heterocycles. The molecule has 62 valence electrons. The Balaban J connectivity index is 2.82. The van der Waals surface area contributed by atoms with Gasteiger partial charge in [-0.3, -0.25) is 0 Å². The summed E-state index contributed by atoms with van der Waals surface area (Å²) in [5.74, 6) is 0. The van der Waals surface area contributed by atoms with E-state index in [-0.39, 0.29) is 0 Å². The Morgan fingerprint density at radius 3 is 2.58 bits per heavy atom. The molecule has 0 aliphatic rings. The van der Waals surface area contributed by atoms with Crippen LogP contribution in [0.4, 0.5) is 0 Å². The molecule has 0 aromatic heterocycles. The molecule has 0 saturated carbocycles. The molecule has 0 radical (unpaired) electrons. The summed E-state index contributed by atoms with van der Waals surface area (Å²) in [7, 11) is 0. The molecule has 0 bridgehead atoms. The molecule has 0 fully saturated rings. The predicted molar refractivity (Wildman–Crippen MR) is 55.3 cm³/mol. The van der Waals surface area contributed by atoms with Crippen LogP contribution in [0.15, 0.2) is 42.5 Å². The topological polar surface area (TPSA) is 0 Å². The number of rotatable bonds is 2. The number of halogens is 1. The minimum Gasteiger partial charge on any atom is -0.0877 e. The van der Waals surface area contributed by atoms with Gasteiger partial charge in [-0.1, -0.05) is 54.1 Å². The van der Waals surface area contributed by atoms with E-state index in [9.17, 15) is 0 Å². The van der Waals surface area contributed by atoms with E-state index in [1.807, 2.05) is 55.5 Å². The Kier molecular flexibility index (Phi) is 3.62. The Morgan fingerprint density at radius 2 is 1.92 bits per heavy atom. The monoisotopic (exact) mass is 178 g/mol. The lowest BCUT2D eigenvalue weighted by Crippen LogP contribution is -1.71. The van der Waals surface area contributed by atoms with E-state index in [0.717, 1.165) is 10.6 Å². The second-order valence-electron chi connectivity index (χ2n) is 2.41. The van der Waals surface area contributed by atoms with Crippen LogP contribution in [0, 0.1) is 0 Å². The smallest absolute Gasteiger partial charge is 0.0478 e. The summed E-state index contributed by atoms with van der Waals surface area (Å²) < 4.78 is 0. The summed E-state index contributed by atoms with van der Waals surface area (Å²) >= 11 is 5.93. The maximum atomic E-state index is 5.93. The van der Waals surface area contributed by atoms with E-state index in [1.165, 1.54) is 0 Å². The van der Waals surface area contributed by atoms with E-state index < -0.39 is 0 Å². The van der Waals surface area contributed by atoms with Gasteiger partial charge in [-0.2, -0.15) is 0 Å². The largest absolute Gasteiger partial charge is 0.0877 e. The van der Waals surface area contributed by atoms with Crippen LogP contribution in [0.2, 0.25) is 5.02 Å². The highest BCUT2D eigenvalue weighted by atomic mass is 35.5. The molecule has 0 aliphatic carbocycles. The van der Waals surface area contributed by atoms with Gasteiger partial charge in [0.05, 0.1) is 0 Å². The van der Waals surface area contributed by atoms with Gasteiger partial charge >= 0.3 is 0 Å². The quantitative estimate of drug-likeness (QED) is 0.602. The summed E-state index contributed by atoms with van der Waals surface area (Å²) in [6, 6.07) is 7.77. The van der Waals surface area contributed by atoms with E-state index in [2.05, 4.69) is 0 Å². The summed E-state index contributed by atoms with van der Waals surface area (Å²) in [5.41, 5.74) is 1.05. The number of hydrogen-bond acceptors (Lipinski definition) is 0. The fourth-order valence-electron chi connectivity index (χ4n) is 0.881. The Hall–Kier alpha value is -1.01. The van der Waals surface area contributed by atoms with E-state index in [4.69, 9.17) is 11.6 Å². The van der Waals surface area contributed by atoms with Crippen LogP contribution < -0.4 is 0 Å². The van der Waals surface area contributed by atoms with E-state index in [1.54, 1.807) is 0 Å². The molecule has 0 spiro atoms. The van der Waals surface area contributed by atoms with Crippen molar-refractivity contribution in [2.24, 2.45) is 0 Å². The van der Waals surface area contributed by atoms with Gasteiger partial charge in [0.2, 0.25) is 0 Å². The van der Waals surface area contributed by atoms with Crippen LogP contribution in [0.5, 0.6) is 0 Å². The Morgan fingerprint density at radius 1 is 1.17 bits per heavy atom. The Labute approximate surface area is 78.2 Å². The molecule has 1 aromatic rings. The van der Waals surface area contributed by atoms with Crippen molar-refractivity contribution >= 4 is 17.7 Å². The van der Waals surface area contributed by atoms with Crippen LogP contribution in [0.3, 0.4) is 0 Å². The molecule has 0 N–H and O–H groups in total. The van der Waals surface area contributed by atoms with Crippen molar-refractivity contribution in [3.05, 3.63) is 53.1 Å². The third-order valence-electron chi connectivity index (χ3n) is 1.48. The van der Waals surface area contributed by atoms with Gasteiger partial charge in [0.15, 0.2) is 0 Å². The first kappa shape index (κ1) is 9.08. The van der Waals surface area contributed by atoms with Crippen LogP contribution in [-0.4, -0.2) is 0 Å². The lowest BCUT2D eigenvalue weighted by atomic mass is 10.2. The molecular weight excluding hydrogens is 168 g/mol. The molecule has 0 saturated heterocycles. The van der Waals surface area contributed by atoms with Gasteiger partial charge in [0.25, 0.3) is 0 Å². The molecule has 0 aliphatic heterocycles. The minimum atomic E-state index is 0.790. The van der Waals surface area contributed by atoms with Crippen molar-refractivity contribution in [1.82, 2.24) is 0 Å². The zero-order valence-electron chi connectivity index (χ0n) is 7.00. The van der Waals surface area contributed by atoms with Gasteiger partial charge in [0, 0.05) is 5.02 Å². The van der Waals surface area contributed by atoms with Crippen molar-refractivity contribution in [3.8, 4) is 0 Å². The highest BCUT2D eigenvalue weighted by Gasteiger charge is 1.90. The Bertz CT molecular complexity index is 298. The second-order valence-corrected chi connectivity index (χ2v) is 2.81. The molecule has 0 unspecified atom stereocenters. The van der Waals surface area contributed by atoms with Crippen molar-refractivity contribution in [2.45, 2.75) is 6.92 Å². The van der Waals surface area contributed by atoms with Crippen LogP contribution in [0.25, 0.3) is 6.08 Å². The van der Waals surface area contributed by atoms with Crippen LogP contribution in [-0.2, 0) is 0 Å². The van der Waals surface area contributed by atoms with Gasteiger partial charge < -0.3 is 0 Å². The molecular formula is C11H11Cl. The third-order valence-corrected chi connectivity index (χ3v) is 1.83. The third kappa shape index (κ3) is 2.55.